The van der Waals surface area contributed by atoms with E-state index in [0.29, 0.717) is 6.54 Å². The standard InChI is InChI=1S/C16H20N4O/c1-13(11-17-16(21)12-19-9-4-8-18-19)20-10-7-14-5-2-3-6-15(14)20/h2-6,8-9,13H,7,10-12H2,1H3,(H,17,21)/t13-/m0/s1. The Morgan fingerprint density at radius 3 is 3.05 bits per heavy atom. The second-order valence-corrected chi connectivity index (χ2v) is 5.43. The molecule has 1 amide bonds. The highest BCUT2D eigenvalue weighted by atomic mass is 16.2. The third kappa shape index (κ3) is 3.07. The van der Waals surface area contributed by atoms with E-state index in [1.807, 2.05) is 6.07 Å². The number of carbonyl (C=O) groups is 1. The van der Waals surface area contributed by atoms with Crippen molar-refractivity contribution in [2.75, 3.05) is 18.0 Å². The van der Waals surface area contributed by atoms with Gasteiger partial charge in [0.15, 0.2) is 0 Å². The zero-order valence-corrected chi connectivity index (χ0v) is 12.2. The number of amides is 1. The van der Waals surface area contributed by atoms with Gasteiger partial charge in [0.05, 0.1) is 0 Å². The maximum atomic E-state index is 11.9. The van der Waals surface area contributed by atoms with E-state index in [1.165, 1.54) is 11.3 Å². The Balaban J connectivity index is 1.53. The minimum Gasteiger partial charge on any atom is -0.366 e. The fourth-order valence-electron chi connectivity index (χ4n) is 2.79. The van der Waals surface area contributed by atoms with Crippen LogP contribution in [0.5, 0.6) is 0 Å². The molecule has 0 unspecified atom stereocenters. The Labute approximate surface area is 124 Å². The molecule has 3 rings (SSSR count). The molecule has 1 N–H and O–H groups in total. The minimum atomic E-state index is -0.00182. The lowest BCUT2D eigenvalue weighted by molar-refractivity contribution is -0.121. The van der Waals surface area contributed by atoms with Crippen LogP contribution in [-0.4, -0.2) is 34.8 Å². The van der Waals surface area contributed by atoms with Gasteiger partial charge in [-0.2, -0.15) is 5.10 Å². The highest BCUT2D eigenvalue weighted by Crippen LogP contribution is 2.28. The van der Waals surface area contributed by atoms with Crippen molar-refractivity contribution in [2.45, 2.75) is 25.9 Å². The first-order chi connectivity index (χ1) is 10.2. The molecule has 2 heterocycles. The molecule has 5 heteroatoms. The van der Waals surface area contributed by atoms with Crippen LogP contribution >= 0.6 is 0 Å². The Hall–Kier alpha value is -2.30. The summed E-state index contributed by atoms with van der Waals surface area (Å²) in [4.78, 5) is 14.2. The lowest BCUT2D eigenvalue weighted by Crippen LogP contribution is -2.42. The van der Waals surface area contributed by atoms with Gasteiger partial charge in [-0.25, -0.2) is 0 Å². The second kappa shape index (κ2) is 5.99. The van der Waals surface area contributed by atoms with E-state index in [2.05, 4.69) is 46.5 Å². The first kappa shape index (κ1) is 13.7. The molecule has 2 aromatic rings. The number of para-hydroxylation sites is 1. The van der Waals surface area contributed by atoms with Crippen LogP contribution in [0, 0.1) is 0 Å². The summed E-state index contributed by atoms with van der Waals surface area (Å²) in [6, 6.07) is 10.6. The number of anilines is 1. The number of nitrogens with zero attached hydrogens (tertiary/aromatic N) is 3. The zero-order valence-electron chi connectivity index (χ0n) is 12.2. The summed E-state index contributed by atoms with van der Waals surface area (Å²) in [5.41, 5.74) is 2.69. The van der Waals surface area contributed by atoms with E-state index < -0.39 is 0 Å². The van der Waals surface area contributed by atoms with Gasteiger partial charge in [0.1, 0.15) is 6.54 Å². The fraction of sp³-hybridized carbons (Fsp3) is 0.375. The molecule has 1 aromatic carbocycles. The molecule has 1 aromatic heterocycles. The van der Waals surface area contributed by atoms with E-state index in [9.17, 15) is 4.79 Å². The second-order valence-electron chi connectivity index (χ2n) is 5.43. The summed E-state index contributed by atoms with van der Waals surface area (Å²) < 4.78 is 1.63. The van der Waals surface area contributed by atoms with Gasteiger partial charge >= 0.3 is 0 Å². The van der Waals surface area contributed by atoms with Crippen molar-refractivity contribution in [3.8, 4) is 0 Å². The molecule has 0 aliphatic carbocycles. The minimum absolute atomic E-state index is 0.00182. The van der Waals surface area contributed by atoms with Gasteiger partial charge in [0, 0.05) is 37.2 Å². The van der Waals surface area contributed by atoms with E-state index in [1.54, 1.807) is 17.1 Å². The van der Waals surface area contributed by atoms with Gasteiger partial charge in [-0.3, -0.25) is 9.48 Å². The molecule has 1 atom stereocenters. The van der Waals surface area contributed by atoms with Crippen LogP contribution in [-0.2, 0) is 17.8 Å². The molecular formula is C16H20N4O. The molecule has 0 bridgehead atoms. The van der Waals surface area contributed by atoms with E-state index in [0.717, 1.165) is 13.0 Å². The van der Waals surface area contributed by atoms with E-state index in [-0.39, 0.29) is 18.5 Å². The molecule has 0 radical (unpaired) electrons. The van der Waals surface area contributed by atoms with Crippen LogP contribution in [0.3, 0.4) is 0 Å². The van der Waals surface area contributed by atoms with Gasteiger partial charge in [0.25, 0.3) is 0 Å². The number of hydrogen-bond acceptors (Lipinski definition) is 3. The topological polar surface area (TPSA) is 50.2 Å². The number of carbonyl (C=O) groups excluding carboxylic acids is 1. The maximum Gasteiger partial charge on any atom is 0.241 e. The van der Waals surface area contributed by atoms with Crippen molar-refractivity contribution in [1.82, 2.24) is 15.1 Å². The summed E-state index contributed by atoms with van der Waals surface area (Å²) in [6.07, 6.45) is 4.55. The monoisotopic (exact) mass is 284 g/mol. The first-order valence-electron chi connectivity index (χ1n) is 7.33. The average molecular weight is 284 g/mol. The highest BCUT2D eigenvalue weighted by Gasteiger charge is 2.22. The predicted molar refractivity (Wildman–Crippen MR) is 82.2 cm³/mol. The molecule has 1 aliphatic rings. The van der Waals surface area contributed by atoms with Crippen LogP contribution in [0.2, 0.25) is 0 Å². The Morgan fingerprint density at radius 2 is 2.24 bits per heavy atom. The molecular weight excluding hydrogens is 264 g/mol. The maximum absolute atomic E-state index is 11.9. The van der Waals surface area contributed by atoms with Gasteiger partial charge in [-0.15, -0.1) is 0 Å². The van der Waals surface area contributed by atoms with Crippen LogP contribution in [0.4, 0.5) is 5.69 Å². The van der Waals surface area contributed by atoms with Gasteiger partial charge in [-0.05, 0) is 31.0 Å². The summed E-state index contributed by atoms with van der Waals surface area (Å²) in [6.45, 7) is 4.09. The van der Waals surface area contributed by atoms with E-state index >= 15 is 0 Å². The summed E-state index contributed by atoms with van der Waals surface area (Å²) in [7, 11) is 0. The molecule has 21 heavy (non-hydrogen) atoms. The van der Waals surface area contributed by atoms with Crippen LogP contribution in [0.1, 0.15) is 12.5 Å². The summed E-state index contributed by atoms with van der Waals surface area (Å²) in [5, 5.41) is 7.02. The van der Waals surface area contributed by atoms with Gasteiger partial charge in [-0.1, -0.05) is 18.2 Å². The molecule has 0 fully saturated rings. The van der Waals surface area contributed by atoms with Crippen molar-refractivity contribution in [1.29, 1.82) is 0 Å². The average Bonchev–Trinajstić information content (AvgIpc) is 3.13. The molecule has 5 nitrogen and oxygen atoms in total. The third-order valence-electron chi connectivity index (χ3n) is 3.91. The van der Waals surface area contributed by atoms with Crippen LogP contribution < -0.4 is 10.2 Å². The van der Waals surface area contributed by atoms with Crippen molar-refractivity contribution in [3.63, 3.8) is 0 Å². The number of aromatic nitrogens is 2. The van der Waals surface area contributed by atoms with Crippen LogP contribution in [0.15, 0.2) is 42.7 Å². The Bertz CT molecular complexity index is 608. The number of nitrogens with one attached hydrogen (secondary N) is 1. The lowest BCUT2D eigenvalue weighted by Gasteiger charge is -2.27. The van der Waals surface area contributed by atoms with Gasteiger partial charge in [0.2, 0.25) is 5.91 Å². The van der Waals surface area contributed by atoms with Crippen molar-refractivity contribution in [2.24, 2.45) is 0 Å². The molecule has 1 aliphatic heterocycles. The molecule has 0 saturated carbocycles. The highest BCUT2D eigenvalue weighted by molar-refractivity contribution is 5.75. The quantitative estimate of drug-likeness (QED) is 0.904. The largest absolute Gasteiger partial charge is 0.366 e. The predicted octanol–water partition coefficient (Wildman–Crippen LogP) is 1.45. The van der Waals surface area contributed by atoms with Crippen molar-refractivity contribution >= 4 is 11.6 Å². The molecule has 0 spiro atoms. The normalized spacial score (nSPS) is 14.8. The van der Waals surface area contributed by atoms with Crippen LogP contribution in [0.25, 0.3) is 0 Å². The Morgan fingerprint density at radius 1 is 1.38 bits per heavy atom. The number of fused-ring (bicyclic) bond motifs is 1. The third-order valence-corrected chi connectivity index (χ3v) is 3.91. The van der Waals surface area contributed by atoms with Gasteiger partial charge < -0.3 is 10.2 Å². The zero-order chi connectivity index (χ0) is 14.7. The number of hydrogen-bond donors (Lipinski definition) is 1. The first-order valence-corrected chi connectivity index (χ1v) is 7.33. The van der Waals surface area contributed by atoms with Crippen molar-refractivity contribution in [3.05, 3.63) is 48.3 Å². The SMILES string of the molecule is C[C@@H](CNC(=O)Cn1cccn1)N1CCc2ccccc21. The summed E-state index contributed by atoms with van der Waals surface area (Å²) in [5.74, 6) is -0.00182. The molecule has 0 saturated heterocycles. The van der Waals surface area contributed by atoms with Crippen molar-refractivity contribution < 1.29 is 4.79 Å². The van der Waals surface area contributed by atoms with E-state index in [4.69, 9.17) is 0 Å². The lowest BCUT2D eigenvalue weighted by atomic mass is 10.2. The number of benzene rings is 1. The molecule has 110 valence electrons. The Kier molecular flexibility index (Phi) is 3.90. The summed E-state index contributed by atoms with van der Waals surface area (Å²) >= 11 is 0. The number of rotatable bonds is 5. The smallest absolute Gasteiger partial charge is 0.241 e. The fourth-order valence-corrected chi connectivity index (χ4v) is 2.79.